The van der Waals surface area contributed by atoms with E-state index in [1.54, 1.807) is 24.3 Å². The molecule has 0 fully saturated rings. The molecule has 2 heterocycles. The zero-order valence-electron chi connectivity index (χ0n) is 20.7. The maximum Gasteiger partial charge on any atom is 0.174 e. The Balaban J connectivity index is 1.35. The molecule has 6 N–H and O–H groups in total. The van der Waals surface area contributed by atoms with Crippen LogP contribution in [0.5, 0.6) is 46.0 Å². The van der Waals surface area contributed by atoms with Gasteiger partial charge in [0.05, 0.1) is 12.8 Å². The lowest BCUT2D eigenvalue weighted by Gasteiger charge is -2.27. The fourth-order valence-electron chi connectivity index (χ4n) is 5.16. The average molecular weight is 542 g/mol. The molecule has 2 atom stereocenters. The molecule has 0 aromatic heterocycles. The summed E-state index contributed by atoms with van der Waals surface area (Å²) < 4.78 is 11.8. The number of aromatic hydroxyl groups is 6. The van der Waals surface area contributed by atoms with Crippen molar-refractivity contribution in [3.05, 3.63) is 82.9 Å². The van der Waals surface area contributed by atoms with Gasteiger partial charge >= 0.3 is 0 Å². The third kappa shape index (κ3) is 4.15. The van der Waals surface area contributed by atoms with Crippen molar-refractivity contribution in [2.75, 3.05) is 0 Å². The number of phenolic OH excluding ortho intramolecular Hbond substituents is 6. The molecule has 0 radical (unpaired) electrons. The molecule has 0 saturated carbocycles. The minimum atomic E-state index is -0.804. The van der Waals surface area contributed by atoms with Crippen LogP contribution in [-0.2, 0) is 0 Å². The van der Waals surface area contributed by atoms with Crippen LogP contribution in [0.4, 0.5) is 0 Å². The molecule has 6 rings (SSSR count). The predicted molar refractivity (Wildman–Crippen MR) is 139 cm³/mol. The van der Waals surface area contributed by atoms with E-state index < -0.39 is 12.2 Å². The highest BCUT2D eigenvalue weighted by atomic mass is 16.5. The van der Waals surface area contributed by atoms with E-state index in [2.05, 4.69) is 0 Å². The molecule has 2 aliphatic rings. The van der Waals surface area contributed by atoms with E-state index in [9.17, 15) is 40.2 Å². The van der Waals surface area contributed by atoms with Gasteiger partial charge in [0.2, 0.25) is 0 Å². The lowest BCUT2D eigenvalue weighted by molar-refractivity contribution is 0.0834. The molecule has 0 bridgehead atoms. The third-order valence-electron chi connectivity index (χ3n) is 7.04. The quantitative estimate of drug-likeness (QED) is 0.207. The Hall–Kier alpha value is -5.38. The Morgan fingerprint density at radius 2 is 0.925 bits per heavy atom. The van der Waals surface area contributed by atoms with E-state index in [0.29, 0.717) is 11.1 Å². The first-order chi connectivity index (χ1) is 19.1. The number of carbonyl (C=O) groups excluding carboxylic acids is 2. The highest BCUT2D eigenvalue weighted by Gasteiger charge is 2.33. The van der Waals surface area contributed by atoms with Gasteiger partial charge in [-0.25, -0.2) is 0 Å². The molecule has 0 spiro atoms. The molecule has 0 aliphatic carbocycles. The SMILES string of the molecule is O=C1C[C@@H](c2ccc(O)c(-c3cc([C@@H]4CC(=O)c5c(O)cc(O)cc5O4)ccc3O)c2)Oc2cc(O)cc(O)c21. The minimum absolute atomic E-state index is 0.0229. The van der Waals surface area contributed by atoms with Crippen molar-refractivity contribution in [3.63, 3.8) is 0 Å². The number of ketones is 2. The zero-order chi connectivity index (χ0) is 28.3. The van der Waals surface area contributed by atoms with E-state index in [1.807, 2.05) is 0 Å². The van der Waals surface area contributed by atoms with Crippen molar-refractivity contribution in [2.45, 2.75) is 25.0 Å². The number of carbonyl (C=O) groups is 2. The van der Waals surface area contributed by atoms with E-state index in [4.69, 9.17) is 9.47 Å². The van der Waals surface area contributed by atoms with Gasteiger partial charge in [0, 0.05) is 35.4 Å². The number of fused-ring (bicyclic) bond motifs is 2. The highest BCUT2D eigenvalue weighted by Crippen LogP contribution is 2.46. The molecule has 40 heavy (non-hydrogen) atoms. The summed E-state index contributed by atoms with van der Waals surface area (Å²) in [6, 6.07) is 13.6. The Morgan fingerprint density at radius 1 is 0.525 bits per heavy atom. The first kappa shape index (κ1) is 24.9. The second kappa shape index (κ2) is 9.12. The second-order valence-electron chi connectivity index (χ2n) is 9.70. The van der Waals surface area contributed by atoms with E-state index in [-0.39, 0.29) is 92.7 Å². The van der Waals surface area contributed by atoms with Crippen molar-refractivity contribution in [1.82, 2.24) is 0 Å². The maximum atomic E-state index is 12.8. The summed E-state index contributed by atoms with van der Waals surface area (Å²) in [5.74, 6) is -2.39. The van der Waals surface area contributed by atoms with Gasteiger partial charge in [-0.2, -0.15) is 0 Å². The molecular formula is C30H22O10. The van der Waals surface area contributed by atoms with Crippen molar-refractivity contribution in [3.8, 4) is 57.1 Å². The van der Waals surface area contributed by atoms with Crippen LogP contribution in [0.15, 0.2) is 60.7 Å². The maximum absolute atomic E-state index is 12.8. The molecule has 2 aliphatic heterocycles. The number of phenols is 6. The number of hydrogen-bond donors (Lipinski definition) is 6. The van der Waals surface area contributed by atoms with Crippen LogP contribution in [0.2, 0.25) is 0 Å². The molecule has 0 amide bonds. The van der Waals surface area contributed by atoms with Crippen molar-refractivity contribution in [2.24, 2.45) is 0 Å². The monoisotopic (exact) mass is 542 g/mol. The van der Waals surface area contributed by atoms with Crippen LogP contribution in [0.25, 0.3) is 11.1 Å². The van der Waals surface area contributed by atoms with Crippen LogP contribution in [-0.4, -0.2) is 42.2 Å². The Bertz CT molecular complexity index is 1600. The van der Waals surface area contributed by atoms with E-state index in [0.717, 1.165) is 12.1 Å². The van der Waals surface area contributed by atoms with Crippen LogP contribution >= 0.6 is 0 Å². The lowest BCUT2D eigenvalue weighted by Crippen LogP contribution is -2.20. The van der Waals surface area contributed by atoms with Crippen molar-refractivity contribution >= 4 is 11.6 Å². The summed E-state index contributed by atoms with van der Waals surface area (Å²) in [5.41, 5.74) is 1.37. The molecule has 10 nitrogen and oxygen atoms in total. The summed E-state index contributed by atoms with van der Waals surface area (Å²) in [4.78, 5) is 25.5. The standard InChI is InChI=1S/C30H22O10/c31-15-7-21(35)29-23(37)11-25(39-27(29)9-15)13-1-3-19(33)17(5-13)18-6-14(2-4-20(18)34)26-12-24(38)30-22(36)8-16(32)10-28(30)40-26/h1-10,25-26,31-36H,11-12H2/t25-,26-/m0/s1. The van der Waals surface area contributed by atoms with E-state index in [1.165, 1.54) is 24.3 Å². The molecular weight excluding hydrogens is 520 g/mol. The smallest absolute Gasteiger partial charge is 0.174 e. The average Bonchev–Trinajstić information content (AvgIpc) is 2.88. The van der Waals surface area contributed by atoms with Crippen LogP contribution in [0, 0.1) is 0 Å². The van der Waals surface area contributed by atoms with Crippen LogP contribution in [0.1, 0.15) is 56.9 Å². The summed E-state index contributed by atoms with van der Waals surface area (Å²) in [5, 5.41) is 61.2. The summed E-state index contributed by atoms with van der Waals surface area (Å²) >= 11 is 0. The minimum Gasteiger partial charge on any atom is -0.508 e. The molecule has 4 aromatic rings. The number of ether oxygens (including phenoxy) is 2. The first-order valence-corrected chi connectivity index (χ1v) is 12.3. The van der Waals surface area contributed by atoms with Gasteiger partial charge in [-0.3, -0.25) is 9.59 Å². The van der Waals surface area contributed by atoms with Gasteiger partial charge in [-0.15, -0.1) is 0 Å². The van der Waals surface area contributed by atoms with Gasteiger partial charge in [0.15, 0.2) is 11.6 Å². The van der Waals surface area contributed by atoms with Gasteiger partial charge < -0.3 is 40.1 Å². The fourth-order valence-corrected chi connectivity index (χ4v) is 5.16. The third-order valence-corrected chi connectivity index (χ3v) is 7.04. The first-order valence-electron chi connectivity index (χ1n) is 12.3. The van der Waals surface area contributed by atoms with Crippen LogP contribution < -0.4 is 9.47 Å². The number of benzene rings is 4. The molecule has 202 valence electrons. The highest BCUT2D eigenvalue weighted by molar-refractivity contribution is 6.03. The number of hydrogen-bond acceptors (Lipinski definition) is 10. The predicted octanol–water partition coefficient (Wildman–Crippen LogP) is 5.00. The van der Waals surface area contributed by atoms with Gasteiger partial charge in [0.25, 0.3) is 0 Å². The zero-order valence-corrected chi connectivity index (χ0v) is 20.7. The lowest BCUT2D eigenvalue weighted by atomic mass is 9.91. The largest absolute Gasteiger partial charge is 0.508 e. The van der Waals surface area contributed by atoms with Crippen LogP contribution in [0.3, 0.4) is 0 Å². The van der Waals surface area contributed by atoms with Crippen molar-refractivity contribution < 1.29 is 49.7 Å². The second-order valence-corrected chi connectivity index (χ2v) is 9.70. The normalized spacial score (nSPS) is 17.9. The van der Waals surface area contributed by atoms with Gasteiger partial charge in [-0.05, 0) is 35.4 Å². The fraction of sp³-hybridized carbons (Fsp3) is 0.133. The van der Waals surface area contributed by atoms with Crippen molar-refractivity contribution in [1.29, 1.82) is 0 Å². The Labute approximate surface area is 226 Å². The Kier molecular flexibility index (Phi) is 5.69. The number of rotatable bonds is 3. The van der Waals surface area contributed by atoms with E-state index >= 15 is 0 Å². The number of Topliss-reactive ketones (excluding diaryl/α,β-unsaturated/α-hetero) is 2. The molecule has 0 unspecified atom stereocenters. The van der Waals surface area contributed by atoms with Gasteiger partial charge in [-0.1, -0.05) is 12.1 Å². The summed E-state index contributed by atoms with van der Waals surface area (Å²) in [7, 11) is 0. The molecule has 4 aromatic carbocycles. The summed E-state index contributed by atoms with van der Waals surface area (Å²) in [6.07, 6.45) is -1.83. The summed E-state index contributed by atoms with van der Waals surface area (Å²) in [6.45, 7) is 0. The van der Waals surface area contributed by atoms with Gasteiger partial charge in [0.1, 0.15) is 69.3 Å². The topological polar surface area (TPSA) is 174 Å². The molecule has 10 heteroatoms. The Morgan fingerprint density at radius 3 is 1.32 bits per heavy atom. The molecule has 0 saturated heterocycles.